The van der Waals surface area contributed by atoms with E-state index < -0.39 is 18.2 Å². The van der Waals surface area contributed by atoms with Gasteiger partial charge in [-0.05, 0) is 12.0 Å². The van der Waals surface area contributed by atoms with Gasteiger partial charge in [0.25, 0.3) is 0 Å². The summed E-state index contributed by atoms with van der Waals surface area (Å²) in [6.07, 6.45) is -3.66. The van der Waals surface area contributed by atoms with E-state index in [1.807, 2.05) is 6.92 Å². The average Bonchev–Trinajstić information content (AvgIpc) is 3.11. The number of hydroxylamine groups is 2. The molecule has 2 rings (SSSR count). The normalized spacial score (nSPS) is 11.4. The molecule has 1 aromatic carbocycles. The zero-order chi connectivity index (χ0) is 19.2. The Labute approximate surface area is 147 Å². The van der Waals surface area contributed by atoms with Gasteiger partial charge >= 0.3 is 18.2 Å². The molecular formula is C16H18F3N3O4. The summed E-state index contributed by atoms with van der Waals surface area (Å²) in [5.41, 5.74) is 1.03. The van der Waals surface area contributed by atoms with Gasteiger partial charge in [0.05, 0.1) is 20.3 Å². The van der Waals surface area contributed by atoms with Gasteiger partial charge in [-0.3, -0.25) is 4.84 Å². The number of alkyl halides is 3. The number of carbonyl (C=O) groups is 1. The minimum atomic E-state index is -4.69. The van der Waals surface area contributed by atoms with E-state index >= 15 is 0 Å². The Hall–Kier alpha value is -2.62. The van der Waals surface area contributed by atoms with Crippen LogP contribution in [0, 0.1) is 0 Å². The third kappa shape index (κ3) is 5.19. The van der Waals surface area contributed by atoms with Crippen molar-refractivity contribution in [2.24, 2.45) is 0 Å². The van der Waals surface area contributed by atoms with Crippen molar-refractivity contribution in [1.29, 1.82) is 0 Å². The highest BCUT2D eigenvalue weighted by Gasteiger charge is 2.38. The van der Waals surface area contributed by atoms with Gasteiger partial charge in [0.2, 0.25) is 5.82 Å². The van der Waals surface area contributed by atoms with Gasteiger partial charge in [-0.2, -0.15) is 23.2 Å². The molecule has 1 heterocycles. The summed E-state index contributed by atoms with van der Waals surface area (Å²) in [7, 11) is 1.34. The molecule has 0 aliphatic heterocycles. The first kappa shape index (κ1) is 19.7. The van der Waals surface area contributed by atoms with Crippen LogP contribution in [0.25, 0.3) is 11.4 Å². The molecule has 10 heteroatoms. The molecule has 0 radical (unpaired) electrons. The van der Waals surface area contributed by atoms with Crippen LogP contribution in [0.1, 0.15) is 31.2 Å². The van der Waals surface area contributed by atoms with Crippen molar-refractivity contribution in [2.45, 2.75) is 32.5 Å². The van der Waals surface area contributed by atoms with Crippen molar-refractivity contribution in [3.63, 3.8) is 0 Å². The summed E-state index contributed by atoms with van der Waals surface area (Å²) in [6.45, 7) is 2.39. The molecule has 1 aromatic heterocycles. The maximum absolute atomic E-state index is 12.5. The van der Waals surface area contributed by atoms with Gasteiger partial charge < -0.3 is 9.26 Å². The highest BCUT2D eigenvalue weighted by atomic mass is 19.4. The molecule has 0 aliphatic rings. The maximum atomic E-state index is 12.5. The van der Waals surface area contributed by atoms with E-state index in [1.54, 1.807) is 12.1 Å². The number of hydrogen-bond acceptors (Lipinski definition) is 6. The van der Waals surface area contributed by atoms with Crippen LogP contribution >= 0.6 is 0 Å². The number of nitrogens with zero attached hydrogens (tertiary/aromatic N) is 3. The minimum absolute atomic E-state index is 0.113. The first-order valence-corrected chi connectivity index (χ1v) is 7.83. The molecule has 2 aromatic rings. The van der Waals surface area contributed by atoms with Crippen LogP contribution in [-0.2, 0) is 22.3 Å². The van der Waals surface area contributed by atoms with Crippen molar-refractivity contribution < 1.29 is 32.1 Å². The summed E-state index contributed by atoms with van der Waals surface area (Å²) < 4.78 is 46.7. The molecule has 0 atom stereocenters. The number of amides is 1. The summed E-state index contributed by atoms with van der Waals surface area (Å²) in [4.78, 5) is 20.2. The van der Waals surface area contributed by atoms with E-state index in [0.717, 1.165) is 17.9 Å². The van der Waals surface area contributed by atoms with Crippen molar-refractivity contribution in [3.05, 3.63) is 35.7 Å². The highest BCUT2D eigenvalue weighted by molar-refractivity contribution is 5.66. The van der Waals surface area contributed by atoms with Crippen molar-refractivity contribution in [3.8, 4) is 11.4 Å². The van der Waals surface area contributed by atoms with Crippen LogP contribution in [0.2, 0.25) is 0 Å². The van der Waals surface area contributed by atoms with E-state index in [2.05, 4.69) is 14.7 Å². The van der Waals surface area contributed by atoms with E-state index in [-0.39, 0.29) is 12.4 Å². The first-order chi connectivity index (χ1) is 12.3. The fourth-order valence-electron chi connectivity index (χ4n) is 1.96. The number of unbranched alkanes of at least 4 members (excludes halogenated alkanes) is 1. The topological polar surface area (TPSA) is 77.7 Å². The molecule has 0 spiro atoms. The number of ether oxygens (including phenoxy) is 1. The predicted molar refractivity (Wildman–Crippen MR) is 83.5 cm³/mol. The molecule has 0 unspecified atom stereocenters. The number of hydrogen-bond donors (Lipinski definition) is 0. The van der Waals surface area contributed by atoms with Crippen molar-refractivity contribution in [2.75, 3.05) is 13.7 Å². The van der Waals surface area contributed by atoms with Crippen LogP contribution in [0.5, 0.6) is 0 Å². The Morgan fingerprint density at radius 3 is 2.50 bits per heavy atom. The van der Waals surface area contributed by atoms with E-state index in [1.165, 1.54) is 19.2 Å². The lowest BCUT2D eigenvalue weighted by atomic mass is 10.1. The van der Waals surface area contributed by atoms with Crippen molar-refractivity contribution in [1.82, 2.24) is 15.2 Å². The molecule has 0 saturated carbocycles. The number of halogens is 3. The molecule has 0 aliphatic carbocycles. The fraction of sp³-hybridized carbons (Fsp3) is 0.438. The van der Waals surface area contributed by atoms with E-state index in [4.69, 9.17) is 9.57 Å². The van der Waals surface area contributed by atoms with E-state index in [0.29, 0.717) is 17.7 Å². The number of rotatable bonds is 7. The molecular weight excluding hydrogens is 355 g/mol. The summed E-state index contributed by atoms with van der Waals surface area (Å²) >= 11 is 0. The molecule has 0 N–H and O–H groups in total. The van der Waals surface area contributed by atoms with Gasteiger partial charge in [-0.1, -0.05) is 42.8 Å². The van der Waals surface area contributed by atoms with Crippen LogP contribution in [0.3, 0.4) is 0 Å². The fourth-order valence-corrected chi connectivity index (χ4v) is 1.96. The molecule has 26 heavy (non-hydrogen) atoms. The van der Waals surface area contributed by atoms with Crippen molar-refractivity contribution >= 4 is 6.09 Å². The molecule has 142 valence electrons. The number of benzene rings is 1. The Bertz CT molecular complexity index is 716. The Kier molecular flexibility index (Phi) is 6.56. The third-order valence-electron chi connectivity index (χ3n) is 3.35. The smallest absolute Gasteiger partial charge is 0.448 e. The summed E-state index contributed by atoms with van der Waals surface area (Å²) in [5, 5.41) is 4.36. The quantitative estimate of drug-likeness (QED) is 0.538. The van der Waals surface area contributed by atoms with Gasteiger partial charge in [0.1, 0.15) is 0 Å². The molecule has 0 bridgehead atoms. The second-order valence-corrected chi connectivity index (χ2v) is 5.30. The van der Waals surface area contributed by atoms with Gasteiger partial charge in [-0.15, -0.1) is 0 Å². The number of aromatic nitrogens is 2. The lowest BCUT2D eigenvalue weighted by Crippen LogP contribution is -2.30. The number of carbonyl (C=O) groups excluding carboxylic acids is 1. The second-order valence-electron chi connectivity index (χ2n) is 5.30. The Balaban J connectivity index is 2.02. The SMILES string of the molecule is CCCCOC(=O)N(Cc1ccc(-c2noc(C(F)(F)F)n2)cc1)OC. The molecule has 7 nitrogen and oxygen atoms in total. The zero-order valence-corrected chi connectivity index (χ0v) is 14.2. The lowest BCUT2D eigenvalue weighted by Gasteiger charge is -2.19. The monoisotopic (exact) mass is 373 g/mol. The molecule has 0 fully saturated rings. The van der Waals surface area contributed by atoms with Crippen LogP contribution in [0.15, 0.2) is 28.8 Å². The second kappa shape index (κ2) is 8.65. The zero-order valence-electron chi connectivity index (χ0n) is 14.2. The lowest BCUT2D eigenvalue weighted by molar-refractivity contribution is -0.159. The predicted octanol–water partition coefficient (Wildman–Crippen LogP) is 4.06. The third-order valence-corrected chi connectivity index (χ3v) is 3.35. The molecule has 1 amide bonds. The molecule has 0 saturated heterocycles. The van der Waals surface area contributed by atoms with Crippen LogP contribution < -0.4 is 0 Å². The maximum Gasteiger partial charge on any atom is 0.471 e. The Morgan fingerprint density at radius 1 is 1.27 bits per heavy atom. The average molecular weight is 373 g/mol. The Morgan fingerprint density at radius 2 is 1.96 bits per heavy atom. The highest BCUT2D eigenvalue weighted by Crippen LogP contribution is 2.29. The van der Waals surface area contributed by atoms with Gasteiger partial charge in [0, 0.05) is 5.56 Å². The van der Waals surface area contributed by atoms with Crippen LogP contribution in [0.4, 0.5) is 18.0 Å². The van der Waals surface area contributed by atoms with E-state index in [9.17, 15) is 18.0 Å². The standard InChI is InChI=1S/C16H18F3N3O4/c1-3-4-9-25-15(23)22(24-2)10-11-5-7-12(8-6-11)13-20-14(26-21-13)16(17,18)19/h5-8H,3-4,9-10H2,1-2H3. The summed E-state index contributed by atoms with van der Waals surface area (Å²) in [6, 6.07) is 6.28. The minimum Gasteiger partial charge on any atom is -0.448 e. The first-order valence-electron chi connectivity index (χ1n) is 7.83. The summed E-state index contributed by atoms with van der Waals surface area (Å²) in [5.74, 6) is -1.58. The van der Waals surface area contributed by atoms with Gasteiger partial charge in [-0.25, -0.2) is 4.79 Å². The van der Waals surface area contributed by atoms with Crippen LogP contribution in [-0.4, -0.2) is 35.0 Å². The van der Waals surface area contributed by atoms with Gasteiger partial charge in [0.15, 0.2) is 0 Å². The largest absolute Gasteiger partial charge is 0.471 e.